The standard InChI is InChI=1S/C22H21N9/c1-3-31-19-7-5-4-6-16(19)27-21(31)15(12-23)20-22(30-10-8-29(2)9-11-30)28-18(14-25)17(13-24)26-20/h4-7,27H,3,8-11H2,1-2H3. The first-order valence-corrected chi connectivity index (χ1v) is 10.0. The summed E-state index contributed by atoms with van der Waals surface area (Å²) in [5.74, 6) is 1.06. The first-order chi connectivity index (χ1) is 15.1. The Morgan fingerprint density at radius 2 is 1.71 bits per heavy atom. The van der Waals surface area contributed by atoms with Gasteiger partial charge in [0.25, 0.3) is 0 Å². The van der Waals surface area contributed by atoms with Crippen molar-refractivity contribution in [2.75, 3.05) is 54.9 Å². The van der Waals surface area contributed by atoms with Gasteiger partial charge in [-0.25, -0.2) is 9.97 Å². The average Bonchev–Trinajstić information content (AvgIpc) is 3.18. The summed E-state index contributed by atoms with van der Waals surface area (Å²) in [5, 5.41) is 32.5. The highest BCUT2D eigenvalue weighted by Crippen LogP contribution is 2.39. The second kappa shape index (κ2) is 8.31. The van der Waals surface area contributed by atoms with Crippen molar-refractivity contribution in [1.29, 1.82) is 15.8 Å². The minimum atomic E-state index is -0.0812. The molecular formula is C22H21N9. The van der Waals surface area contributed by atoms with Gasteiger partial charge >= 0.3 is 0 Å². The average molecular weight is 411 g/mol. The first kappa shape index (κ1) is 20.2. The highest BCUT2D eigenvalue weighted by atomic mass is 15.3. The van der Waals surface area contributed by atoms with E-state index in [-0.39, 0.29) is 11.4 Å². The van der Waals surface area contributed by atoms with E-state index in [1.807, 2.05) is 60.2 Å². The maximum absolute atomic E-state index is 10.2. The number of benzene rings is 1. The lowest BCUT2D eigenvalue weighted by molar-refractivity contribution is 0.312. The van der Waals surface area contributed by atoms with E-state index in [2.05, 4.69) is 26.3 Å². The Kier molecular flexibility index (Phi) is 5.41. The number of anilines is 3. The summed E-state index contributed by atoms with van der Waals surface area (Å²) >= 11 is 0. The Bertz CT molecular complexity index is 1170. The Morgan fingerprint density at radius 1 is 1.03 bits per heavy atom. The molecule has 0 unspecified atom stereocenters. The van der Waals surface area contributed by atoms with E-state index in [4.69, 9.17) is 0 Å². The summed E-state index contributed by atoms with van der Waals surface area (Å²) in [6.45, 7) is 5.68. The number of hydrogen-bond donors (Lipinski definition) is 1. The molecule has 2 aliphatic heterocycles. The van der Waals surface area contributed by atoms with Crippen LogP contribution in [0.2, 0.25) is 0 Å². The Balaban J connectivity index is 1.91. The normalized spacial score (nSPS) is 17.3. The van der Waals surface area contributed by atoms with Crippen LogP contribution in [0.4, 0.5) is 17.2 Å². The minimum absolute atomic E-state index is 0.0301. The molecule has 0 bridgehead atoms. The highest BCUT2D eigenvalue weighted by Gasteiger charge is 2.30. The summed E-state index contributed by atoms with van der Waals surface area (Å²) in [5.41, 5.74) is 2.36. The van der Waals surface area contributed by atoms with E-state index in [1.165, 1.54) is 0 Å². The number of nitriles is 3. The van der Waals surface area contributed by atoms with Gasteiger partial charge in [0.05, 0.1) is 11.4 Å². The summed E-state index contributed by atoms with van der Waals surface area (Å²) in [4.78, 5) is 15.2. The van der Waals surface area contributed by atoms with E-state index < -0.39 is 0 Å². The van der Waals surface area contributed by atoms with Gasteiger partial charge in [-0.1, -0.05) is 12.1 Å². The predicted octanol–water partition coefficient (Wildman–Crippen LogP) is 2.12. The fourth-order valence-electron chi connectivity index (χ4n) is 3.86. The summed E-state index contributed by atoms with van der Waals surface area (Å²) in [6, 6.07) is 14.0. The summed E-state index contributed by atoms with van der Waals surface area (Å²) in [6.07, 6.45) is 0. The molecule has 1 aromatic carbocycles. The van der Waals surface area contributed by atoms with Crippen LogP contribution in [0.1, 0.15) is 24.0 Å². The molecule has 1 N–H and O–H groups in total. The summed E-state index contributed by atoms with van der Waals surface area (Å²) in [7, 11) is 2.05. The fourth-order valence-corrected chi connectivity index (χ4v) is 3.86. The van der Waals surface area contributed by atoms with Crippen LogP contribution in [-0.2, 0) is 0 Å². The predicted molar refractivity (Wildman–Crippen MR) is 117 cm³/mol. The van der Waals surface area contributed by atoms with Crippen molar-refractivity contribution in [3.63, 3.8) is 0 Å². The lowest BCUT2D eigenvalue weighted by Crippen LogP contribution is -2.45. The van der Waals surface area contributed by atoms with Crippen LogP contribution >= 0.6 is 0 Å². The van der Waals surface area contributed by atoms with Crippen LogP contribution in [0.25, 0.3) is 5.57 Å². The summed E-state index contributed by atoms with van der Waals surface area (Å²) < 4.78 is 0. The lowest BCUT2D eigenvalue weighted by atomic mass is 10.1. The number of rotatable bonds is 3. The van der Waals surface area contributed by atoms with Crippen molar-refractivity contribution >= 4 is 22.8 Å². The maximum Gasteiger partial charge on any atom is 0.179 e. The van der Waals surface area contributed by atoms with Gasteiger partial charge in [0.15, 0.2) is 17.2 Å². The molecule has 2 aromatic rings. The van der Waals surface area contributed by atoms with E-state index in [0.717, 1.165) is 24.5 Å². The fraction of sp³-hybridized carbons (Fsp3) is 0.318. The SMILES string of the molecule is CCN1C(=C(C#N)c2nc(C#N)c(C#N)nc2N2CCN(C)CC2)Nc2ccccc21. The second-order valence-corrected chi connectivity index (χ2v) is 7.33. The topological polar surface area (TPSA) is 119 Å². The van der Waals surface area contributed by atoms with Crippen molar-refractivity contribution in [3.05, 3.63) is 47.2 Å². The third-order valence-electron chi connectivity index (χ3n) is 5.51. The molecule has 154 valence electrons. The molecular weight excluding hydrogens is 390 g/mol. The van der Waals surface area contributed by atoms with Gasteiger partial charge in [0, 0.05) is 32.7 Å². The maximum atomic E-state index is 10.2. The molecule has 9 nitrogen and oxygen atoms in total. The molecule has 2 aliphatic rings. The molecule has 0 radical (unpaired) electrons. The molecule has 0 saturated carbocycles. The molecule has 3 heterocycles. The minimum Gasteiger partial charge on any atom is -0.352 e. The molecule has 0 amide bonds. The number of para-hydroxylation sites is 2. The molecule has 0 spiro atoms. The van der Waals surface area contributed by atoms with E-state index in [9.17, 15) is 15.8 Å². The number of likely N-dealkylation sites (N-methyl/N-ethyl adjacent to an activating group) is 1. The number of hydrogen-bond acceptors (Lipinski definition) is 9. The molecule has 31 heavy (non-hydrogen) atoms. The van der Waals surface area contributed by atoms with Gasteiger partial charge in [-0.3, -0.25) is 0 Å². The third kappa shape index (κ3) is 3.50. The molecule has 0 aliphatic carbocycles. The zero-order valence-corrected chi connectivity index (χ0v) is 17.4. The molecule has 9 heteroatoms. The van der Waals surface area contributed by atoms with E-state index in [0.29, 0.717) is 42.5 Å². The highest BCUT2D eigenvalue weighted by molar-refractivity contribution is 5.93. The lowest BCUT2D eigenvalue weighted by Gasteiger charge is -2.34. The second-order valence-electron chi connectivity index (χ2n) is 7.33. The van der Waals surface area contributed by atoms with Gasteiger partial charge in [-0.15, -0.1) is 0 Å². The zero-order chi connectivity index (χ0) is 22.0. The quantitative estimate of drug-likeness (QED) is 0.757. The molecule has 4 rings (SSSR count). The van der Waals surface area contributed by atoms with Crippen molar-refractivity contribution < 1.29 is 0 Å². The van der Waals surface area contributed by atoms with E-state index in [1.54, 1.807) is 0 Å². The molecule has 1 fully saturated rings. The van der Waals surface area contributed by atoms with Crippen molar-refractivity contribution in [3.8, 4) is 18.2 Å². The molecule has 1 saturated heterocycles. The van der Waals surface area contributed by atoms with Crippen molar-refractivity contribution in [1.82, 2.24) is 14.9 Å². The Hall–Kier alpha value is -4.13. The number of aromatic nitrogens is 2. The largest absolute Gasteiger partial charge is 0.352 e. The molecule has 1 aromatic heterocycles. The van der Waals surface area contributed by atoms with Gasteiger partial charge in [-0.2, -0.15) is 15.8 Å². The van der Waals surface area contributed by atoms with Crippen molar-refractivity contribution in [2.45, 2.75) is 6.92 Å². The van der Waals surface area contributed by atoms with E-state index >= 15 is 0 Å². The first-order valence-electron chi connectivity index (χ1n) is 10.0. The van der Waals surface area contributed by atoms with Crippen LogP contribution in [0.5, 0.6) is 0 Å². The van der Waals surface area contributed by atoms with Gasteiger partial charge in [-0.05, 0) is 26.1 Å². The Labute approximate surface area is 181 Å². The number of nitrogens with zero attached hydrogens (tertiary/aromatic N) is 8. The van der Waals surface area contributed by atoms with Crippen molar-refractivity contribution in [2.24, 2.45) is 0 Å². The van der Waals surface area contributed by atoms with Crippen LogP contribution in [0, 0.1) is 34.0 Å². The number of fused-ring (bicyclic) bond motifs is 1. The third-order valence-corrected chi connectivity index (χ3v) is 5.51. The van der Waals surface area contributed by atoms with Crippen LogP contribution in [-0.4, -0.2) is 54.6 Å². The van der Waals surface area contributed by atoms with Gasteiger partial charge in [0.2, 0.25) is 0 Å². The van der Waals surface area contributed by atoms with Gasteiger partial charge < -0.3 is 20.0 Å². The monoisotopic (exact) mass is 411 g/mol. The number of allylic oxidation sites excluding steroid dienone is 1. The smallest absolute Gasteiger partial charge is 0.179 e. The number of piperazine rings is 1. The Morgan fingerprint density at radius 3 is 2.35 bits per heavy atom. The van der Waals surface area contributed by atoms with Crippen LogP contribution in [0.15, 0.2) is 30.1 Å². The van der Waals surface area contributed by atoms with Crippen LogP contribution < -0.4 is 15.1 Å². The zero-order valence-electron chi connectivity index (χ0n) is 17.4. The molecule has 0 atom stereocenters. The van der Waals surface area contributed by atoms with Gasteiger partial charge in [0.1, 0.15) is 35.3 Å². The van der Waals surface area contributed by atoms with Crippen LogP contribution in [0.3, 0.4) is 0 Å². The number of nitrogens with one attached hydrogen (secondary N) is 1.